The van der Waals surface area contributed by atoms with Crippen LogP contribution in [0.4, 0.5) is 0 Å². The normalized spacial score (nSPS) is 12.8. The first kappa shape index (κ1) is 25.0. The van der Waals surface area contributed by atoms with Crippen LogP contribution in [-0.2, 0) is 9.59 Å². The van der Waals surface area contributed by atoms with E-state index in [1.54, 1.807) is 0 Å². The third kappa shape index (κ3) is 6.75. The molecular weight excluding hydrogens is 452 g/mol. The van der Waals surface area contributed by atoms with Gasteiger partial charge in [-0.15, -0.1) is 0 Å². The molecule has 0 aliphatic rings. The number of hydrogen-bond acceptors (Lipinski definition) is 4. The Morgan fingerprint density at radius 2 is 0.944 bits per heavy atom. The fraction of sp³-hybridized carbons (Fsp3) is 0.267. The zero-order valence-corrected chi connectivity index (χ0v) is 20.3. The van der Waals surface area contributed by atoms with Crippen molar-refractivity contribution >= 4 is 33.4 Å². The van der Waals surface area contributed by atoms with E-state index in [1.165, 1.54) is 0 Å². The Labute approximate surface area is 211 Å². The third-order valence-electron chi connectivity index (χ3n) is 6.32. The van der Waals surface area contributed by atoms with Gasteiger partial charge in [-0.05, 0) is 71.5 Å². The number of unbranched alkanes of at least 4 members (excludes halogenated alkanes) is 3. The highest BCUT2D eigenvalue weighted by Crippen LogP contribution is 2.24. The zero-order valence-electron chi connectivity index (χ0n) is 20.3. The van der Waals surface area contributed by atoms with Crippen molar-refractivity contribution in [2.75, 3.05) is 0 Å². The van der Waals surface area contributed by atoms with E-state index in [4.69, 9.17) is 20.9 Å². The van der Waals surface area contributed by atoms with Crippen molar-refractivity contribution in [1.29, 1.82) is 0 Å². The van der Waals surface area contributed by atoms with E-state index in [2.05, 4.69) is 0 Å². The number of amides is 2. The van der Waals surface area contributed by atoms with Crippen molar-refractivity contribution < 1.29 is 19.1 Å². The Balaban J connectivity index is 1.22. The molecule has 4 aromatic rings. The summed E-state index contributed by atoms with van der Waals surface area (Å²) >= 11 is 0. The molecule has 0 saturated heterocycles. The van der Waals surface area contributed by atoms with Crippen LogP contribution in [0.15, 0.2) is 84.9 Å². The first-order valence-electron chi connectivity index (χ1n) is 12.4. The number of carbonyl (C=O) groups excluding carboxylic acids is 2. The monoisotopic (exact) mass is 484 g/mol. The standard InChI is InChI=1S/C30H32N2O4/c31-29(33)27(35-25-17-15-21-9-5-7-11-23(21)19-25)13-3-1-2-4-14-28(30(32)34)36-26-18-16-22-10-6-8-12-24(22)20-26/h5-12,15-20,27-28H,1-4,13-14H2,(H2,31,33)(H2,32,34). The Bertz CT molecular complexity index is 1230. The summed E-state index contributed by atoms with van der Waals surface area (Å²) in [5, 5.41) is 4.32. The predicted molar refractivity (Wildman–Crippen MR) is 143 cm³/mol. The van der Waals surface area contributed by atoms with Gasteiger partial charge >= 0.3 is 0 Å². The molecule has 0 aliphatic carbocycles. The number of primary amides is 2. The van der Waals surface area contributed by atoms with E-state index in [-0.39, 0.29) is 0 Å². The maximum Gasteiger partial charge on any atom is 0.258 e. The highest BCUT2D eigenvalue weighted by molar-refractivity contribution is 5.85. The lowest BCUT2D eigenvalue weighted by atomic mass is 10.0. The van der Waals surface area contributed by atoms with Crippen LogP contribution < -0.4 is 20.9 Å². The zero-order chi connectivity index (χ0) is 25.3. The molecule has 2 atom stereocenters. The molecule has 0 bridgehead atoms. The topological polar surface area (TPSA) is 105 Å². The maximum absolute atomic E-state index is 11.9. The minimum atomic E-state index is -0.680. The lowest BCUT2D eigenvalue weighted by molar-refractivity contribution is -0.125. The largest absolute Gasteiger partial charge is 0.481 e. The van der Waals surface area contributed by atoms with Gasteiger partial charge < -0.3 is 20.9 Å². The van der Waals surface area contributed by atoms with Crippen molar-refractivity contribution in [3.8, 4) is 11.5 Å². The second kappa shape index (κ2) is 12.1. The van der Waals surface area contributed by atoms with Crippen molar-refractivity contribution in [3.63, 3.8) is 0 Å². The molecule has 0 radical (unpaired) electrons. The number of fused-ring (bicyclic) bond motifs is 2. The summed E-state index contributed by atoms with van der Waals surface area (Å²) in [5.74, 6) is 0.321. The van der Waals surface area contributed by atoms with E-state index in [9.17, 15) is 9.59 Å². The molecule has 2 amide bonds. The van der Waals surface area contributed by atoms with E-state index in [0.717, 1.165) is 47.2 Å². The van der Waals surface area contributed by atoms with E-state index < -0.39 is 24.0 Å². The second-order valence-electron chi connectivity index (χ2n) is 9.03. The summed E-state index contributed by atoms with van der Waals surface area (Å²) in [6, 6.07) is 27.5. The average Bonchev–Trinajstić information content (AvgIpc) is 2.88. The van der Waals surface area contributed by atoms with Crippen LogP contribution in [-0.4, -0.2) is 24.0 Å². The van der Waals surface area contributed by atoms with Crippen LogP contribution in [0, 0.1) is 0 Å². The number of carbonyl (C=O) groups is 2. The van der Waals surface area contributed by atoms with Crippen LogP contribution >= 0.6 is 0 Å². The number of ether oxygens (including phenoxy) is 2. The molecule has 6 heteroatoms. The minimum Gasteiger partial charge on any atom is -0.481 e. The summed E-state index contributed by atoms with van der Waals surface area (Å²) in [5.41, 5.74) is 11.2. The Hall–Kier alpha value is -4.06. The van der Waals surface area contributed by atoms with Gasteiger partial charge in [0, 0.05) is 0 Å². The summed E-state index contributed by atoms with van der Waals surface area (Å²) in [6.07, 6.45) is 3.05. The third-order valence-corrected chi connectivity index (χ3v) is 6.32. The molecule has 0 heterocycles. The van der Waals surface area contributed by atoms with E-state index in [1.807, 2.05) is 84.9 Å². The molecule has 2 unspecified atom stereocenters. The first-order valence-corrected chi connectivity index (χ1v) is 12.4. The van der Waals surface area contributed by atoms with Crippen LogP contribution in [0.5, 0.6) is 11.5 Å². The van der Waals surface area contributed by atoms with Gasteiger partial charge in [-0.1, -0.05) is 73.5 Å². The predicted octanol–water partition coefficient (Wildman–Crippen LogP) is 5.50. The molecule has 4 aromatic carbocycles. The van der Waals surface area contributed by atoms with Crippen molar-refractivity contribution in [2.45, 2.75) is 50.7 Å². The molecule has 6 nitrogen and oxygen atoms in total. The lowest BCUT2D eigenvalue weighted by Crippen LogP contribution is -2.34. The van der Waals surface area contributed by atoms with E-state index >= 15 is 0 Å². The molecule has 0 saturated carbocycles. The molecule has 0 spiro atoms. The second-order valence-corrected chi connectivity index (χ2v) is 9.03. The van der Waals surface area contributed by atoms with E-state index in [0.29, 0.717) is 24.3 Å². The van der Waals surface area contributed by atoms with Crippen LogP contribution in [0.2, 0.25) is 0 Å². The molecular formula is C30H32N2O4. The smallest absolute Gasteiger partial charge is 0.258 e. The number of nitrogens with two attached hydrogens (primary N) is 2. The Morgan fingerprint density at radius 3 is 1.33 bits per heavy atom. The number of hydrogen-bond donors (Lipinski definition) is 2. The van der Waals surface area contributed by atoms with Gasteiger partial charge in [0.2, 0.25) is 0 Å². The fourth-order valence-corrected chi connectivity index (χ4v) is 4.34. The molecule has 4 N–H and O–H groups in total. The van der Waals surface area contributed by atoms with Gasteiger partial charge in [-0.2, -0.15) is 0 Å². The summed E-state index contributed by atoms with van der Waals surface area (Å²) < 4.78 is 11.8. The maximum atomic E-state index is 11.9. The van der Waals surface area contributed by atoms with Crippen molar-refractivity contribution in [1.82, 2.24) is 0 Å². The lowest BCUT2D eigenvalue weighted by Gasteiger charge is -2.17. The first-order chi connectivity index (χ1) is 17.5. The molecule has 0 fully saturated rings. The average molecular weight is 485 g/mol. The van der Waals surface area contributed by atoms with Crippen molar-refractivity contribution in [3.05, 3.63) is 84.9 Å². The van der Waals surface area contributed by atoms with Gasteiger partial charge in [-0.3, -0.25) is 9.59 Å². The van der Waals surface area contributed by atoms with Gasteiger partial charge in [0.15, 0.2) is 12.2 Å². The highest BCUT2D eigenvalue weighted by atomic mass is 16.5. The van der Waals surface area contributed by atoms with Gasteiger partial charge in [-0.25, -0.2) is 0 Å². The number of rotatable bonds is 13. The van der Waals surface area contributed by atoms with Gasteiger partial charge in [0.05, 0.1) is 0 Å². The molecule has 4 rings (SSSR count). The van der Waals surface area contributed by atoms with Crippen LogP contribution in [0.3, 0.4) is 0 Å². The quantitative estimate of drug-likeness (QED) is 0.245. The molecule has 36 heavy (non-hydrogen) atoms. The van der Waals surface area contributed by atoms with Crippen LogP contribution in [0.1, 0.15) is 38.5 Å². The Morgan fingerprint density at radius 1 is 0.556 bits per heavy atom. The molecule has 186 valence electrons. The summed E-state index contributed by atoms with van der Waals surface area (Å²) in [6.45, 7) is 0. The molecule has 0 aliphatic heterocycles. The van der Waals surface area contributed by atoms with Crippen LogP contribution in [0.25, 0.3) is 21.5 Å². The summed E-state index contributed by atoms with van der Waals surface area (Å²) in [7, 11) is 0. The molecule has 0 aromatic heterocycles. The van der Waals surface area contributed by atoms with Gasteiger partial charge in [0.1, 0.15) is 11.5 Å². The fourth-order valence-electron chi connectivity index (χ4n) is 4.34. The van der Waals surface area contributed by atoms with Crippen molar-refractivity contribution in [2.24, 2.45) is 11.5 Å². The summed E-state index contributed by atoms with van der Waals surface area (Å²) in [4.78, 5) is 23.9. The SMILES string of the molecule is NC(=O)C(CCCCCCC(Oc1ccc2ccccc2c1)C(N)=O)Oc1ccc2ccccc2c1. The highest BCUT2D eigenvalue weighted by Gasteiger charge is 2.19. The van der Waals surface area contributed by atoms with Gasteiger partial charge in [0.25, 0.3) is 11.8 Å². The number of benzene rings is 4. The minimum absolute atomic E-state index is 0.472. The Kier molecular flexibility index (Phi) is 8.40.